The quantitative estimate of drug-likeness (QED) is 0.673. The van der Waals surface area contributed by atoms with Crippen LogP contribution >= 0.6 is 23.2 Å². The molecule has 0 spiro atoms. The highest BCUT2D eigenvalue weighted by molar-refractivity contribution is 6.34. The zero-order chi connectivity index (χ0) is 20.6. The van der Waals surface area contributed by atoms with Gasteiger partial charge in [-0.1, -0.05) is 41.4 Å². The van der Waals surface area contributed by atoms with Gasteiger partial charge in [-0.2, -0.15) is 0 Å². The van der Waals surface area contributed by atoms with E-state index in [9.17, 15) is 9.18 Å². The first kappa shape index (κ1) is 20.4. The number of piperidine rings is 1. The number of likely N-dealkylation sites (tertiary alicyclic amines) is 1. The van der Waals surface area contributed by atoms with Crippen LogP contribution in [0.3, 0.4) is 0 Å². The number of benzene rings is 2. The molecule has 2 aromatic rings. The summed E-state index contributed by atoms with van der Waals surface area (Å²) in [4.78, 5) is 17.5. The second-order valence-corrected chi connectivity index (χ2v) is 8.85. The van der Waals surface area contributed by atoms with Gasteiger partial charge in [0, 0.05) is 34.1 Å². The maximum absolute atomic E-state index is 13.5. The van der Waals surface area contributed by atoms with Crippen LogP contribution in [0.25, 0.3) is 0 Å². The minimum absolute atomic E-state index is 0.0370. The van der Waals surface area contributed by atoms with Crippen molar-refractivity contribution in [2.24, 2.45) is 0 Å². The van der Waals surface area contributed by atoms with Gasteiger partial charge in [-0.05, 0) is 74.4 Å². The van der Waals surface area contributed by atoms with E-state index < -0.39 is 0 Å². The lowest BCUT2D eigenvalue weighted by molar-refractivity contribution is -0.126. The van der Waals surface area contributed by atoms with E-state index in [1.54, 1.807) is 6.07 Å². The summed E-state index contributed by atoms with van der Waals surface area (Å²) in [6.45, 7) is 2.80. The van der Waals surface area contributed by atoms with Gasteiger partial charge >= 0.3 is 0 Å². The van der Waals surface area contributed by atoms with Crippen molar-refractivity contribution in [1.29, 1.82) is 0 Å². The summed E-state index contributed by atoms with van der Waals surface area (Å²) in [5.74, 6) is -0.224. The van der Waals surface area contributed by atoms with Crippen LogP contribution in [0, 0.1) is 5.82 Å². The third-order valence-electron chi connectivity index (χ3n) is 6.08. The van der Waals surface area contributed by atoms with Gasteiger partial charge in [0.15, 0.2) is 0 Å². The first-order valence-corrected chi connectivity index (χ1v) is 10.5. The van der Waals surface area contributed by atoms with Crippen LogP contribution in [0.5, 0.6) is 0 Å². The Hall–Kier alpha value is -1.88. The van der Waals surface area contributed by atoms with Gasteiger partial charge in [0.05, 0.1) is 0 Å². The van der Waals surface area contributed by atoms with E-state index in [0.717, 1.165) is 42.6 Å². The van der Waals surface area contributed by atoms with Crippen molar-refractivity contribution in [2.45, 2.75) is 24.8 Å². The topological polar surface area (TPSA) is 23.6 Å². The van der Waals surface area contributed by atoms with Crippen molar-refractivity contribution in [3.63, 3.8) is 0 Å². The van der Waals surface area contributed by atoms with Crippen molar-refractivity contribution in [3.8, 4) is 0 Å². The molecule has 4 rings (SSSR count). The largest absolute Gasteiger partial charge is 0.331 e. The molecule has 29 heavy (non-hydrogen) atoms. The lowest BCUT2D eigenvalue weighted by atomic mass is 9.67. The van der Waals surface area contributed by atoms with Crippen LogP contribution in [-0.2, 0) is 16.8 Å². The molecule has 0 radical (unpaired) electrons. The Morgan fingerprint density at radius 2 is 1.66 bits per heavy atom. The molecule has 0 bridgehead atoms. The first-order valence-electron chi connectivity index (χ1n) is 9.77. The molecule has 2 aliphatic rings. The highest BCUT2D eigenvalue weighted by Crippen LogP contribution is 2.44. The summed E-state index contributed by atoms with van der Waals surface area (Å²) in [5, 5.41) is 1.12. The highest BCUT2D eigenvalue weighted by Gasteiger charge is 2.44. The molecular formula is C23H23Cl2FN2O. The number of nitrogens with zero attached hydrogens (tertiary/aromatic N) is 2. The molecular weight excluding hydrogens is 410 g/mol. The SMILES string of the molecule is CN1CCC(C2=CCN(Cc3cc(Cl)cc(Cl)c3)C2=O)(c2ccc(F)cc2)CC1. The van der Waals surface area contributed by atoms with Gasteiger partial charge in [-0.15, -0.1) is 0 Å². The fourth-order valence-electron chi connectivity index (χ4n) is 4.48. The molecule has 1 amide bonds. The molecule has 2 aromatic carbocycles. The summed E-state index contributed by atoms with van der Waals surface area (Å²) in [6, 6.07) is 12.0. The monoisotopic (exact) mass is 432 g/mol. The minimum atomic E-state index is -0.377. The number of amides is 1. The van der Waals surface area contributed by atoms with E-state index in [1.165, 1.54) is 12.1 Å². The summed E-state index contributed by atoms with van der Waals surface area (Å²) in [6.07, 6.45) is 3.72. The maximum atomic E-state index is 13.5. The molecule has 152 valence electrons. The van der Waals surface area contributed by atoms with Crippen LogP contribution in [-0.4, -0.2) is 42.4 Å². The minimum Gasteiger partial charge on any atom is -0.331 e. The Labute approximate surface area is 180 Å². The summed E-state index contributed by atoms with van der Waals surface area (Å²) in [7, 11) is 2.09. The molecule has 1 saturated heterocycles. The molecule has 2 heterocycles. The molecule has 0 saturated carbocycles. The standard InChI is InChI=1S/C23H23Cl2FN2O/c1-27-10-7-23(8-11-27,17-2-4-20(26)5-3-17)21-6-9-28(22(21)29)15-16-12-18(24)14-19(25)13-16/h2-6,12-14H,7-11,15H2,1H3. The predicted octanol–water partition coefficient (Wildman–Crippen LogP) is 5.06. The van der Waals surface area contributed by atoms with E-state index in [1.807, 2.05) is 35.2 Å². The van der Waals surface area contributed by atoms with Crippen LogP contribution in [0.2, 0.25) is 10.0 Å². The number of carbonyl (C=O) groups is 1. The fourth-order valence-corrected chi connectivity index (χ4v) is 5.06. The summed E-state index contributed by atoms with van der Waals surface area (Å²) in [5.41, 5.74) is 2.37. The molecule has 0 atom stereocenters. The average Bonchev–Trinajstić information content (AvgIpc) is 3.03. The van der Waals surface area contributed by atoms with Crippen molar-refractivity contribution >= 4 is 29.1 Å². The van der Waals surface area contributed by atoms with E-state index in [-0.39, 0.29) is 17.1 Å². The predicted molar refractivity (Wildman–Crippen MR) is 115 cm³/mol. The Morgan fingerprint density at radius 1 is 1.03 bits per heavy atom. The second kappa shape index (κ2) is 8.10. The molecule has 1 fully saturated rings. The Kier molecular flexibility index (Phi) is 5.69. The van der Waals surface area contributed by atoms with Crippen molar-refractivity contribution in [2.75, 3.05) is 26.7 Å². The van der Waals surface area contributed by atoms with E-state index in [4.69, 9.17) is 23.2 Å². The van der Waals surface area contributed by atoms with E-state index >= 15 is 0 Å². The zero-order valence-corrected chi connectivity index (χ0v) is 17.8. The summed E-state index contributed by atoms with van der Waals surface area (Å²) < 4.78 is 13.5. The number of hydrogen-bond donors (Lipinski definition) is 0. The lowest BCUT2D eigenvalue weighted by Crippen LogP contribution is -2.44. The molecule has 2 aliphatic heterocycles. The molecule has 6 heteroatoms. The summed E-state index contributed by atoms with van der Waals surface area (Å²) >= 11 is 12.2. The number of carbonyl (C=O) groups excluding carboxylic acids is 1. The van der Waals surface area contributed by atoms with Gasteiger partial charge in [0.1, 0.15) is 5.82 Å². The van der Waals surface area contributed by atoms with Crippen molar-refractivity contribution in [1.82, 2.24) is 9.80 Å². The van der Waals surface area contributed by atoms with Crippen LogP contribution in [0.4, 0.5) is 4.39 Å². The Balaban J connectivity index is 1.62. The number of hydrogen-bond acceptors (Lipinski definition) is 2. The lowest BCUT2D eigenvalue weighted by Gasteiger charge is -2.42. The molecule has 0 unspecified atom stereocenters. The normalized spacial score (nSPS) is 19.5. The maximum Gasteiger partial charge on any atom is 0.251 e. The average molecular weight is 433 g/mol. The third kappa shape index (κ3) is 4.07. The van der Waals surface area contributed by atoms with Gasteiger partial charge in [0.2, 0.25) is 0 Å². The number of rotatable bonds is 4. The number of halogens is 3. The van der Waals surface area contributed by atoms with Crippen molar-refractivity contribution in [3.05, 3.63) is 81.1 Å². The first-order chi connectivity index (χ1) is 13.9. The molecule has 3 nitrogen and oxygen atoms in total. The fraction of sp³-hybridized carbons (Fsp3) is 0.348. The van der Waals surface area contributed by atoms with Gasteiger partial charge in [-0.25, -0.2) is 4.39 Å². The second-order valence-electron chi connectivity index (χ2n) is 7.97. The Bertz CT molecular complexity index is 930. The van der Waals surface area contributed by atoms with Crippen LogP contribution < -0.4 is 0 Å². The highest BCUT2D eigenvalue weighted by atomic mass is 35.5. The van der Waals surface area contributed by atoms with E-state index in [2.05, 4.69) is 11.9 Å². The molecule has 0 N–H and O–H groups in total. The third-order valence-corrected chi connectivity index (χ3v) is 6.52. The van der Waals surface area contributed by atoms with Crippen LogP contribution in [0.15, 0.2) is 54.1 Å². The Morgan fingerprint density at radius 3 is 2.28 bits per heavy atom. The van der Waals surface area contributed by atoms with Gasteiger partial charge in [0.25, 0.3) is 5.91 Å². The van der Waals surface area contributed by atoms with Crippen LogP contribution in [0.1, 0.15) is 24.0 Å². The smallest absolute Gasteiger partial charge is 0.251 e. The van der Waals surface area contributed by atoms with Gasteiger partial charge in [-0.3, -0.25) is 4.79 Å². The van der Waals surface area contributed by atoms with E-state index in [0.29, 0.717) is 23.1 Å². The van der Waals surface area contributed by atoms with Crippen molar-refractivity contribution < 1.29 is 9.18 Å². The molecule has 0 aliphatic carbocycles. The van der Waals surface area contributed by atoms with Gasteiger partial charge < -0.3 is 9.80 Å². The zero-order valence-electron chi connectivity index (χ0n) is 16.3. The molecule has 0 aromatic heterocycles.